The first kappa shape index (κ1) is 11.0. The van der Waals surface area contributed by atoms with Gasteiger partial charge in [0.05, 0.1) is 0 Å². The van der Waals surface area contributed by atoms with E-state index in [-0.39, 0.29) is 12.5 Å². The molecule has 1 heterocycles. The quantitative estimate of drug-likeness (QED) is 0.890. The third-order valence-corrected chi connectivity index (χ3v) is 2.90. The fraction of sp³-hybridized carbons (Fsp3) is 0.286. The predicted octanol–water partition coefficient (Wildman–Crippen LogP) is 1.89. The summed E-state index contributed by atoms with van der Waals surface area (Å²) in [5.74, 6) is 0.587. The first-order chi connectivity index (χ1) is 8.83. The number of pyridine rings is 1. The molecule has 3 rings (SSSR count). The maximum atomic E-state index is 11.5. The average molecular weight is 242 g/mol. The highest BCUT2D eigenvalue weighted by molar-refractivity contribution is 5.85. The Bertz CT molecular complexity index is 574. The Hall–Kier alpha value is -2.10. The zero-order valence-electron chi connectivity index (χ0n) is 9.93. The zero-order valence-corrected chi connectivity index (χ0v) is 9.93. The number of carbonyl (C=O) groups is 1. The van der Waals surface area contributed by atoms with Crippen molar-refractivity contribution < 1.29 is 9.53 Å². The highest BCUT2D eigenvalue weighted by Gasteiger charge is 2.23. The molecule has 1 saturated carbocycles. The molecule has 0 aliphatic heterocycles. The Morgan fingerprint density at radius 3 is 3.00 bits per heavy atom. The van der Waals surface area contributed by atoms with Crippen LogP contribution in [0.4, 0.5) is 0 Å². The van der Waals surface area contributed by atoms with Gasteiger partial charge in [-0.05, 0) is 25.0 Å². The Labute approximate surface area is 105 Å². The minimum absolute atomic E-state index is 0.0478. The summed E-state index contributed by atoms with van der Waals surface area (Å²) in [7, 11) is 0. The SMILES string of the molecule is O=C(COc1cccc2cccnc12)NC1CC1. The van der Waals surface area contributed by atoms with Crippen LogP contribution in [0.3, 0.4) is 0 Å². The fourth-order valence-electron chi connectivity index (χ4n) is 1.83. The van der Waals surface area contributed by atoms with Crippen molar-refractivity contribution in [2.75, 3.05) is 6.61 Å². The predicted molar refractivity (Wildman–Crippen MR) is 68.4 cm³/mol. The number of nitrogens with one attached hydrogen (secondary N) is 1. The van der Waals surface area contributed by atoms with Crippen molar-refractivity contribution in [2.45, 2.75) is 18.9 Å². The summed E-state index contributed by atoms with van der Waals surface area (Å²) in [6, 6.07) is 9.93. The van der Waals surface area contributed by atoms with Crippen LogP contribution < -0.4 is 10.1 Å². The van der Waals surface area contributed by atoms with Gasteiger partial charge in [0.25, 0.3) is 5.91 Å². The molecule has 4 heteroatoms. The number of carbonyl (C=O) groups excluding carboxylic acids is 1. The molecule has 1 aliphatic carbocycles. The van der Waals surface area contributed by atoms with Crippen LogP contribution in [-0.4, -0.2) is 23.5 Å². The van der Waals surface area contributed by atoms with Crippen LogP contribution >= 0.6 is 0 Å². The molecule has 2 aromatic rings. The lowest BCUT2D eigenvalue weighted by molar-refractivity contribution is -0.123. The van der Waals surface area contributed by atoms with Crippen LogP contribution in [0.5, 0.6) is 5.75 Å². The second-order valence-corrected chi connectivity index (χ2v) is 4.46. The third kappa shape index (κ3) is 2.42. The Morgan fingerprint density at radius 1 is 1.33 bits per heavy atom. The van der Waals surface area contributed by atoms with E-state index in [1.165, 1.54) is 0 Å². The number of rotatable bonds is 4. The molecule has 0 atom stereocenters. The standard InChI is InChI=1S/C14H14N2O2/c17-13(16-11-6-7-11)9-18-12-5-1-3-10-4-2-8-15-14(10)12/h1-5,8,11H,6-7,9H2,(H,16,17). The van der Waals surface area contributed by atoms with Crippen LogP contribution in [0.25, 0.3) is 10.9 Å². The summed E-state index contributed by atoms with van der Waals surface area (Å²) < 4.78 is 5.54. The van der Waals surface area contributed by atoms with Crippen molar-refractivity contribution in [1.29, 1.82) is 0 Å². The minimum atomic E-state index is -0.0644. The molecular weight excluding hydrogens is 228 g/mol. The molecular formula is C14H14N2O2. The number of aromatic nitrogens is 1. The Balaban J connectivity index is 1.71. The second-order valence-electron chi connectivity index (χ2n) is 4.46. The van der Waals surface area contributed by atoms with E-state index in [1.807, 2.05) is 30.3 Å². The number of para-hydroxylation sites is 1. The first-order valence-corrected chi connectivity index (χ1v) is 6.09. The number of amides is 1. The van der Waals surface area contributed by atoms with Gasteiger partial charge in [0.1, 0.15) is 11.3 Å². The molecule has 92 valence electrons. The minimum Gasteiger partial charge on any atom is -0.481 e. The molecule has 1 aliphatic rings. The number of nitrogens with zero attached hydrogens (tertiary/aromatic N) is 1. The van der Waals surface area contributed by atoms with Gasteiger partial charge in [0.2, 0.25) is 0 Å². The van der Waals surface area contributed by atoms with Gasteiger partial charge >= 0.3 is 0 Å². The van der Waals surface area contributed by atoms with E-state index >= 15 is 0 Å². The normalized spacial score (nSPS) is 14.4. The van der Waals surface area contributed by atoms with Crippen LogP contribution in [0.2, 0.25) is 0 Å². The van der Waals surface area contributed by atoms with E-state index in [4.69, 9.17) is 4.74 Å². The van der Waals surface area contributed by atoms with E-state index < -0.39 is 0 Å². The number of ether oxygens (including phenoxy) is 1. The van der Waals surface area contributed by atoms with Crippen molar-refractivity contribution in [3.05, 3.63) is 36.5 Å². The first-order valence-electron chi connectivity index (χ1n) is 6.09. The molecule has 0 bridgehead atoms. The van der Waals surface area contributed by atoms with Gasteiger partial charge in [-0.1, -0.05) is 18.2 Å². The summed E-state index contributed by atoms with van der Waals surface area (Å²) >= 11 is 0. The number of hydrogen-bond acceptors (Lipinski definition) is 3. The number of hydrogen-bond donors (Lipinski definition) is 1. The van der Waals surface area contributed by atoms with Gasteiger partial charge in [-0.3, -0.25) is 9.78 Å². The van der Waals surface area contributed by atoms with Crippen molar-refractivity contribution in [1.82, 2.24) is 10.3 Å². The zero-order chi connectivity index (χ0) is 12.4. The molecule has 0 radical (unpaired) electrons. The van der Waals surface area contributed by atoms with E-state index in [2.05, 4.69) is 10.3 Å². The van der Waals surface area contributed by atoms with Crippen LogP contribution in [-0.2, 0) is 4.79 Å². The molecule has 18 heavy (non-hydrogen) atoms. The van der Waals surface area contributed by atoms with Gasteiger partial charge in [0, 0.05) is 17.6 Å². The molecule has 1 aromatic heterocycles. The van der Waals surface area contributed by atoms with E-state index in [1.54, 1.807) is 6.20 Å². The Kier molecular flexibility index (Phi) is 2.84. The lowest BCUT2D eigenvalue weighted by Crippen LogP contribution is -2.30. The number of fused-ring (bicyclic) bond motifs is 1. The maximum Gasteiger partial charge on any atom is 0.258 e. The molecule has 1 amide bonds. The summed E-state index contributed by atoms with van der Waals surface area (Å²) in [5.41, 5.74) is 0.791. The topological polar surface area (TPSA) is 51.2 Å². The molecule has 1 fully saturated rings. The second kappa shape index (κ2) is 4.64. The molecule has 1 aromatic carbocycles. The highest BCUT2D eigenvalue weighted by atomic mass is 16.5. The van der Waals surface area contributed by atoms with Crippen molar-refractivity contribution in [2.24, 2.45) is 0 Å². The van der Waals surface area contributed by atoms with Gasteiger partial charge < -0.3 is 10.1 Å². The summed E-state index contributed by atoms with van der Waals surface area (Å²) in [4.78, 5) is 15.8. The van der Waals surface area contributed by atoms with Gasteiger partial charge in [0.15, 0.2) is 6.61 Å². The van der Waals surface area contributed by atoms with Gasteiger partial charge in [-0.2, -0.15) is 0 Å². The molecule has 0 spiro atoms. The maximum absolute atomic E-state index is 11.5. The third-order valence-electron chi connectivity index (χ3n) is 2.90. The monoisotopic (exact) mass is 242 g/mol. The lowest BCUT2D eigenvalue weighted by atomic mass is 10.2. The lowest BCUT2D eigenvalue weighted by Gasteiger charge is -2.08. The summed E-state index contributed by atoms with van der Waals surface area (Å²) in [5, 5.41) is 3.90. The highest BCUT2D eigenvalue weighted by Crippen LogP contribution is 2.23. The fourth-order valence-corrected chi connectivity index (χ4v) is 1.83. The van der Waals surface area contributed by atoms with Crippen LogP contribution in [0.15, 0.2) is 36.5 Å². The van der Waals surface area contributed by atoms with E-state index in [9.17, 15) is 4.79 Å². The van der Waals surface area contributed by atoms with Crippen LogP contribution in [0.1, 0.15) is 12.8 Å². The number of benzene rings is 1. The molecule has 1 N–H and O–H groups in total. The molecule has 4 nitrogen and oxygen atoms in total. The van der Waals surface area contributed by atoms with E-state index in [0.29, 0.717) is 11.8 Å². The smallest absolute Gasteiger partial charge is 0.258 e. The van der Waals surface area contributed by atoms with Gasteiger partial charge in [-0.25, -0.2) is 0 Å². The van der Waals surface area contributed by atoms with Crippen molar-refractivity contribution >= 4 is 16.8 Å². The van der Waals surface area contributed by atoms with E-state index in [0.717, 1.165) is 23.7 Å². The Morgan fingerprint density at radius 2 is 2.17 bits per heavy atom. The average Bonchev–Trinajstić information content (AvgIpc) is 3.20. The molecule has 0 unspecified atom stereocenters. The van der Waals surface area contributed by atoms with Gasteiger partial charge in [-0.15, -0.1) is 0 Å². The summed E-state index contributed by atoms with van der Waals surface area (Å²) in [6.45, 7) is 0.0478. The summed E-state index contributed by atoms with van der Waals surface area (Å²) in [6.07, 6.45) is 3.89. The van der Waals surface area contributed by atoms with Crippen molar-refractivity contribution in [3.8, 4) is 5.75 Å². The molecule has 0 saturated heterocycles. The van der Waals surface area contributed by atoms with Crippen molar-refractivity contribution in [3.63, 3.8) is 0 Å². The largest absolute Gasteiger partial charge is 0.481 e. The van der Waals surface area contributed by atoms with Crippen LogP contribution in [0, 0.1) is 0 Å².